The normalized spacial score (nSPS) is 13.8. The fourth-order valence-corrected chi connectivity index (χ4v) is 5.52. The molecule has 4 aromatic rings. The number of nitrogens with zero attached hydrogens (tertiary/aromatic N) is 5. The number of benzene rings is 2. The number of carbonyl (C=O) groups is 1. The van der Waals surface area contributed by atoms with Crippen LogP contribution in [0.15, 0.2) is 48.5 Å². The van der Waals surface area contributed by atoms with Crippen LogP contribution in [0.2, 0.25) is 0 Å². The molecule has 3 N–H and O–H groups in total. The number of carbonyl (C=O) groups excluding carboxylic acids is 1. The Labute approximate surface area is 213 Å². The summed E-state index contributed by atoms with van der Waals surface area (Å²) < 4.78 is 13.6. The van der Waals surface area contributed by atoms with E-state index in [4.69, 9.17) is 5.73 Å². The predicted molar refractivity (Wildman–Crippen MR) is 146 cm³/mol. The molecule has 5 rings (SSSR count). The molecule has 10 heteroatoms. The van der Waals surface area contributed by atoms with Crippen molar-refractivity contribution in [2.24, 2.45) is 0 Å². The van der Waals surface area contributed by atoms with Crippen molar-refractivity contribution >= 4 is 50.7 Å². The Morgan fingerprint density at radius 1 is 1.03 bits per heavy atom. The zero-order valence-corrected chi connectivity index (χ0v) is 21.3. The molecule has 0 atom stereocenters. The first-order valence-electron chi connectivity index (χ1n) is 11.7. The highest BCUT2D eigenvalue weighted by atomic mass is 32.1. The van der Waals surface area contributed by atoms with E-state index >= 15 is 0 Å². The lowest BCUT2D eigenvalue weighted by Crippen LogP contribution is -2.50. The second kappa shape index (κ2) is 9.62. The lowest BCUT2D eigenvalue weighted by atomic mass is 10.0. The smallest absolute Gasteiger partial charge is 0.321 e. The molecule has 2 aromatic carbocycles. The molecule has 0 radical (unpaired) electrons. The van der Waals surface area contributed by atoms with Crippen LogP contribution in [0.5, 0.6) is 0 Å². The predicted octanol–water partition coefficient (Wildman–Crippen LogP) is 4.81. The van der Waals surface area contributed by atoms with Gasteiger partial charge in [0.25, 0.3) is 0 Å². The minimum absolute atomic E-state index is 0.127. The summed E-state index contributed by atoms with van der Waals surface area (Å²) in [6, 6.07) is 14.1. The maximum absolute atomic E-state index is 13.6. The number of piperazine rings is 1. The van der Waals surface area contributed by atoms with Crippen LogP contribution >= 0.6 is 11.3 Å². The number of aryl methyl sites for hydroxylation is 1. The van der Waals surface area contributed by atoms with Crippen molar-refractivity contribution in [2.45, 2.75) is 6.92 Å². The van der Waals surface area contributed by atoms with Crippen molar-refractivity contribution in [3.8, 4) is 11.1 Å². The molecule has 1 aliphatic heterocycles. The number of amides is 2. The summed E-state index contributed by atoms with van der Waals surface area (Å²) in [5.74, 6) is 0.686. The number of halogens is 1. The summed E-state index contributed by atoms with van der Waals surface area (Å²) in [4.78, 5) is 29.8. The quantitative estimate of drug-likeness (QED) is 0.414. The summed E-state index contributed by atoms with van der Waals surface area (Å²) in [5, 5.41) is 3.90. The molecule has 8 nitrogen and oxygen atoms in total. The van der Waals surface area contributed by atoms with Crippen molar-refractivity contribution < 1.29 is 9.18 Å². The lowest BCUT2D eigenvalue weighted by molar-refractivity contribution is 0.208. The summed E-state index contributed by atoms with van der Waals surface area (Å²) in [7, 11) is 3.96. The van der Waals surface area contributed by atoms with Crippen LogP contribution < -0.4 is 20.9 Å². The second-order valence-corrected chi connectivity index (χ2v) is 10.2. The van der Waals surface area contributed by atoms with Gasteiger partial charge in [-0.25, -0.2) is 14.2 Å². The minimum atomic E-state index is -0.278. The Balaban J connectivity index is 1.36. The number of anilines is 4. The van der Waals surface area contributed by atoms with E-state index < -0.39 is 0 Å². The molecule has 0 spiro atoms. The standard InChI is InChI=1S/C26H28FN7OS/c1-16-21(17-4-6-18(27)7-5-17)22-23(30-25(28)31-24(22)36-16)33-12-14-34(15-13-33)26(35)29-19-8-10-20(11-9-19)32(2)3/h4-11H,12-15H2,1-3H3,(H,29,35)(H2,28,30,31). The third kappa shape index (κ3) is 4.64. The fourth-order valence-electron chi connectivity index (χ4n) is 4.47. The van der Waals surface area contributed by atoms with Gasteiger partial charge in [-0.15, -0.1) is 11.3 Å². The molecular formula is C26H28FN7OS. The number of nitrogens with one attached hydrogen (secondary N) is 1. The van der Waals surface area contributed by atoms with Gasteiger partial charge in [-0.1, -0.05) is 12.1 Å². The number of nitrogens with two attached hydrogens (primary N) is 1. The van der Waals surface area contributed by atoms with E-state index in [2.05, 4.69) is 20.2 Å². The van der Waals surface area contributed by atoms with Crippen LogP contribution in [0, 0.1) is 12.7 Å². The van der Waals surface area contributed by atoms with E-state index in [9.17, 15) is 9.18 Å². The van der Waals surface area contributed by atoms with Gasteiger partial charge in [0.05, 0.1) is 5.39 Å². The summed E-state index contributed by atoms with van der Waals surface area (Å²) >= 11 is 1.55. The number of hydrogen-bond acceptors (Lipinski definition) is 7. The average Bonchev–Trinajstić information content (AvgIpc) is 3.19. The van der Waals surface area contributed by atoms with Gasteiger partial charge in [0.15, 0.2) is 0 Å². The van der Waals surface area contributed by atoms with Crippen molar-refractivity contribution in [3.05, 3.63) is 59.2 Å². The number of nitrogen functional groups attached to an aromatic ring is 1. The van der Waals surface area contributed by atoms with Gasteiger partial charge >= 0.3 is 6.03 Å². The number of fused-ring (bicyclic) bond motifs is 1. The summed E-state index contributed by atoms with van der Waals surface area (Å²) in [6.07, 6.45) is 0. The van der Waals surface area contributed by atoms with E-state index in [1.807, 2.05) is 50.2 Å². The van der Waals surface area contributed by atoms with Crippen LogP contribution in [0.1, 0.15) is 4.88 Å². The maximum Gasteiger partial charge on any atom is 0.321 e. The second-order valence-electron chi connectivity index (χ2n) is 8.97. The van der Waals surface area contributed by atoms with Gasteiger partial charge in [-0.05, 0) is 48.9 Å². The van der Waals surface area contributed by atoms with Gasteiger partial charge in [0.1, 0.15) is 16.5 Å². The highest BCUT2D eigenvalue weighted by Gasteiger charge is 2.26. The molecule has 1 fully saturated rings. The zero-order valence-electron chi connectivity index (χ0n) is 20.5. The Hall–Kier alpha value is -3.92. The first-order valence-corrected chi connectivity index (χ1v) is 12.5. The molecule has 1 aliphatic rings. The fraction of sp³-hybridized carbons (Fsp3) is 0.269. The summed E-state index contributed by atoms with van der Waals surface area (Å²) in [5.41, 5.74) is 9.80. The highest BCUT2D eigenvalue weighted by molar-refractivity contribution is 7.19. The molecule has 0 aliphatic carbocycles. The number of thiophene rings is 1. The zero-order chi connectivity index (χ0) is 25.4. The van der Waals surface area contributed by atoms with Crippen LogP contribution in [-0.2, 0) is 0 Å². The van der Waals surface area contributed by atoms with E-state index in [1.54, 1.807) is 28.4 Å². The Kier molecular flexibility index (Phi) is 6.36. The summed E-state index contributed by atoms with van der Waals surface area (Å²) in [6.45, 7) is 4.33. The molecule has 2 aromatic heterocycles. The Morgan fingerprint density at radius 2 is 1.69 bits per heavy atom. The van der Waals surface area contributed by atoms with Crippen molar-refractivity contribution in [1.82, 2.24) is 14.9 Å². The number of urea groups is 1. The maximum atomic E-state index is 13.6. The third-order valence-electron chi connectivity index (χ3n) is 6.36. The van der Waals surface area contributed by atoms with Crippen molar-refractivity contribution in [2.75, 3.05) is 61.1 Å². The minimum Gasteiger partial charge on any atom is -0.378 e. The van der Waals surface area contributed by atoms with E-state index in [0.29, 0.717) is 26.2 Å². The number of rotatable bonds is 4. The van der Waals surface area contributed by atoms with Crippen molar-refractivity contribution in [1.29, 1.82) is 0 Å². The van der Waals surface area contributed by atoms with Crippen LogP contribution in [0.25, 0.3) is 21.3 Å². The number of aromatic nitrogens is 2. The monoisotopic (exact) mass is 505 g/mol. The SMILES string of the molecule is Cc1sc2nc(N)nc(N3CCN(C(=O)Nc4ccc(N(C)C)cc4)CC3)c2c1-c1ccc(F)cc1. The molecule has 0 bridgehead atoms. The molecular weight excluding hydrogens is 477 g/mol. The topological polar surface area (TPSA) is 90.6 Å². The lowest BCUT2D eigenvalue weighted by Gasteiger charge is -2.35. The van der Waals surface area contributed by atoms with Gasteiger partial charge in [0, 0.05) is 62.1 Å². The van der Waals surface area contributed by atoms with E-state index in [0.717, 1.165) is 43.4 Å². The molecule has 3 heterocycles. The molecule has 2 amide bonds. The Morgan fingerprint density at radius 3 is 2.33 bits per heavy atom. The number of hydrogen-bond donors (Lipinski definition) is 2. The van der Waals surface area contributed by atoms with Crippen molar-refractivity contribution in [3.63, 3.8) is 0 Å². The largest absolute Gasteiger partial charge is 0.378 e. The van der Waals surface area contributed by atoms with Gasteiger partial charge in [-0.2, -0.15) is 4.98 Å². The first kappa shape index (κ1) is 23.8. The molecule has 1 saturated heterocycles. The Bertz CT molecular complexity index is 1390. The molecule has 36 heavy (non-hydrogen) atoms. The van der Waals surface area contributed by atoms with Crippen LogP contribution in [0.4, 0.5) is 32.3 Å². The van der Waals surface area contributed by atoms with Gasteiger partial charge in [-0.3, -0.25) is 0 Å². The first-order chi connectivity index (χ1) is 17.3. The molecule has 0 saturated carbocycles. The van der Waals surface area contributed by atoms with Crippen LogP contribution in [-0.4, -0.2) is 61.2 Å². The van der Waals surface area contributed by atoms with Gasteiger partial charge < -0.3 is 25.8 Å². The van der Waals surface area contributed by atoms with Gasteiger partial charge in [0.2, 0.25) is 5.95 Å². The highest BCUT2D eigenvalue weighted by Crippen LogP contribution is 2.42. The van der Waals surface area contributed by atoms with E-state index in [1.165, 1.54) is 12.1 Å². The third-order valence-corrected chi connectivity index (χ3v) is 7.36. The average molecular weight is 506 g/mol. The molecule has 186 valence electrons. The van der Waals surface area contributed by atoms with Crippen LogP contribution in [0.3, 0.4) is 0 Å². The van der Waals surface area contributed by atoms with E-state index in [-0.39, 0.29) is 17.8 Å². The molecule has 0 unspecified atom stereocenters.